The van der Waals surface area contributed by atoms with E-state index in [1.807, 2.05) is 0 Å². The smallest absolute Gasteiger partial charge is 0.151 e. The summed E-state index contributed by atoms with van der Waals surface area (Å²) < 4.78 is 0. The first-order valence-corrected chi connectivity index (χ1v) is 4.45. The van der Waals surface area contributed by atoms with Gasteiger partial charge in [0, 0.05) is 0 Å². The first-order chi connectivity index (χ1) is 6.67. The van der Waals surface area contributed by atoms with Crippen LogP contribution in [-0.4, -0.2) is 34.5 Å². The van der Waals surface area contributed by atoms with E-state index in [4.69, 9.17) is 27.5 Å². The largest absolute Gasteiger partial charge is 0.396 e. The van der Waals surface area contributed by atoms with Crippen molar-refractivity contribution >= 4 is 23.1 Å². The summed E-state index contributed by atoms with van der Waals surface area (Å²) in [6, 6.07) is 2.68. The number of hydrogen-bond donors (Lipinski definition) is 4. The molecular weight excluding hydrogens is 206 g/mol. The van der Waals surface area contributed by atoms with Gasteiger partial charge in [0.1, 0.15) is 5.15 Å². The van der Waals surface area contributed by atoms with Gasteiger partial charge in [0.2, 0.25) is 0 Å². The highest BCUT2D eigenvalue weighted by atomic mass is 35.5. The lowest BCUT2D eigenvalue weighted by molar-refractivity contribution is 0.203. The van der Waals surface area contributed by atoms with Crippen LogP contribution >= 0.6 is 11.6 Å². The van der Waals surface area contributed by atoms with Gasteiger partial charge in [0.05, 0.1) is 24.9 Å². The molecule has 0 aromatic carbocycles. The standard InChI is InChI=1S/C8H12ClN3O2/c9-7-2-1-6(10)8(12-7)11-5(3-13)4-14/h1-2,5,13-14H,3-4,10H2,(H,11,12). The third kappa shape index (κ3) is 2.73. The van der Waals surface area contributed by atoms with Crippen LogP contribution in [0.3, 0.4) is 0 Å². The molecule has 0 aliphatic carbocycles. The summed E-state index contributed by atoms with van der Waals surface area (Å²) in [7, 11) is 0. The summed E-state index contributed by atoms with van der Waals surface area (Å²) in [5.74, 6) is 0.366. The number of pyridine rings is 1. The molecule has 78 valence electrons. The summed E-state index contributed by atoms with van der Waals surface area (Å²) in [4.78, 5) is 3.92. The Labute approximate surface area is 86.5 Å². The van der Waals surface area contributed by atoms with Crippen LogP contribution in [0.25, 0.3) is 0 Å². The molecule has 0 aliphatic rings. The average Bonchev–Trinajstić information content (AvgIpc) is 2.19. The number of aromatic nitrogens is 1. The van der Waals surface area contributed by atoms with Crippen molar-refractivity contribution in [3.8, 4) is 0 Å². The van der Waals surface area contributed by atoms with Gasteiger partial charge < -0.3 is 21.3 Å². The molecule has 0 atom stereocenters. The molecule has 0 spiro atoms. The second-order valence-electron chi connectivity index (χ2n) is 2.78. The number of nitrogens with one attached hydrogen (secondary N) is 1. The lowest BCUT2D eigenvalue weighted by atomic mass is 10.3. The van der Waals surface area contributed by atoms with Crippen molar-refractivity contribution in [2.24, 2.45) is 0 Å². The number of nitrogens with zero attached hydrogens (tertiary/aromatic N) is 1. The predicted molar refractivity (Wildman–Crippen MR) is 55.2 cm³/mol. The molecule has 1 heterocycles. The fraction of sp³-hybridized carbons (Fsp3) is 0.375. The number of nitrogen functional groups attached to an aromatic ring is 1. The molecule has 5 nitrogen and oxygen atoms in total. The summed E-state index contributed by atoms with van der Waals surface area (Å²) in [5.41, 5.74) is 6.02. The zero-order valence-corrected chi connectivity index (χ0v) is 8.20. The number of aliphatic hydroxyl groups is 2. The Morgan fingerprint density at radius 2 is 2.07 bits per heavy atom. The number of halogens is 1. The fourth-order valence-electron chi connectivity index (χ4n) is 0.904. The van der Waals surface area contributed by atoms with E-state index in [1.165, 1.54) is 0 Å². The molecule has 5 N–H and O–H groups in total. The van der Waals surface area contributed by atoms with E-state index in [0.29, 0.717) is 16.7 Å². The maximum atomic E-state index is 8.82. The molecule has 0 aliphatic heterocycles. The van der Waals surface area contributed by atoms with Crippen molar-refractivity contribution in [3.63, 3.8) is 0 Å². The Kier molecular flexibility index (Phi) is 3.94. The van der Waals surface area contributed by atoms with Crippen LogP contribution in [-0.2, 0) is 0 Å². The van der Waals surface area contributed by atoms with Gasteiger partial charge in [-0.1, -0.05) is 11.6 Å². The van der Waals surface area contributed by atoms with Crippen LogP contribution in [0, 0.1) is 0 Å². The topological polar surface area (TPSA) is 91.4 Å². The Balaban J connectivity index is 2.79. The van der Waals surface area contributed by atoms with Crippen LogP contribution in [0.2, 0.25) is 5.15 Å². The Hall–Kier alpha value is -1.04. The zero-order chi connectivity index (χ0) is 10.6. The van der Waals surface area contributed by atoms with E-state index in [0.717, 1.165) is 0 Å². The molecule has 14 heavy (non-hydrogen) atoms. The highest BCUT2D eigenvalue weighted by Crippen LogP contribution is 2.18. The van der Waals surface area contributed by atoms with Gasteiger partial charge in [-0.05, 0) is 12.1 Å². The maximum Gasteiger partial charge on any atom is 0.151 e. The average molecular weight is 218 g/mol. The van der Waals surface area contributed by atoms with Gasteiger partial charge >= 0.3 is 0 Å². The minimum atomic E-state index is -0.483. The van der Waals surface area contributed by atoms with E-state index in [9.17, 15) is 0 Å². The van der Waals surface area contributed by atoms with Crippen LogP contribution < -0.4 is 11.1 Å². The predicted octanol–water partition coefficient (Wildman–Crippen LogP) is 0.0823. The molecule has 0 radical (unpaired) electrons. The molecule has 0 unspecified atom stereocenters. The monoisotopic (exact) mass is 217 g/mol. The van der Waals surface area contributed by atoms with Crippen LogP contribution in [0.4, 0.5) is 11.5 Å². The quantitative estimate of drug-likeness (QED) is 0.537. The fourth-order valence-corrected chi connectivity index (χ4v) is 1.05. The molecule has 0 saturated heterocycles. The third-order valence-electron chi connectivity index (χ3n) is 1.67. The van der Waals surface area contributed by atoms with Gasteiger partial charge in [-0.2, -0.15) is 0 Å². The van der Waals surface area contributed by atoms with E-state index in [2.05, 4.69) is 10.3 Å². The van der Waals surface area contributed by atoms with Crippen molar-refractivity contribution in [3.05, 3.63) is 17.3 Å². The zero-order valence-electron chi connectivity index (χ0n) is 7.44. The first kappa shape index (κ1) is 11.0. The molecule has 6 heteroatoms. The Morgan fingerprint density at radius 3 is 2.64 bits per heavy atom. The van der Waals surface area contributed by atoms with Gasteiger partial charge in [-0.15, -0.1) is 0 Å². The first-order valence-electron chi connectivity index (χ1n) is 4.07. The second-order valence-corrected chi connectivity index (χ2v) is 3.17. The highest BCUT2D eigenvalue weighted by molar-refractivity contribution is 6.29. The summed E-state index contributed by atoms with van der Waals surface area (Å²) in [5, 5.41) is 20.7. The molecule has 0 bridgehead atoms. The van der Waals surface area contributed by atoms with Gasteiger partial charge in [-0.25, -0.2) is 4.98 Å². The molecule has 1 aromatic heterocycles. The summed E-state index contributed by atoms with van der Waals surface area (Å²) in [6.07, 6.45) is 0. The van der Waals surface area contributed by atoms with Crippen LogP contribution in [0.15, 0.2) is 12.1 Å². The number of anilines is 2. The molecule has 0 amide bonds. The van der Waals surface area contributed by atoms with Crippen molar-refractivity contribution in [1.29, 1.82) is 0 Å². The van der Waals surface area contributed by atoms with E-state index in [-0.39, 0.29) is 13.2 Å². The molecule has 0 fully saturated rings. The second kappa shape index (κ2) is 4.99. The minimum absolute atomic E-state index is 0.204. The Morgan fingerprint density at radius 1 is 1.43 bits per heavy atom. The van der Waals surface area contributed by atoms with Gasteiger partial charge in [0.15, 0.2) is 5.82 Å². The number of hydrogen-bond acceptors (Lipinski definition) is 5. The number of nitrogens with two attached hydrogens (primary N) is 1. The van der Waals surface area contributed by atoms with E-state index in [1.54, 1.807) is 12.1 Å². The van der Waals surface area contributed by atoms with Crippen molar-refractivity contribution in [1.82, 2.24) is 4.98 Å². The van der Waals surface area contributed by atoms with Crippen molar-refractivity contribution < 1.29 is 10.2 Å². The van der Waals surface area contributed by atoms with Crippen molar-refractivity contribution in [2.45, 2.75) is 6.04 Å². The Bertz CT molecular complexity index is 305. The van der Waals surface area contributed by atoms with Gasteiger partial charge in [0.25, 0.3) is 0 Å². The lowest BCUT2D eigenvalue weighted by Gasteiger charge is -2.15. The van der Waals surface area contributed by atoms with E-state index < -0.39 is 6.04 Å². The maximum absolute atomic E-state index is 8.82. The number of aliphatic hydroxyl groups excluding tert-OH is 2. The van der Waals surface area contributed by atoms with E-state index >= 15 is 0 Å². The SMILES string of the molecule is Nc1ccc(Cl)nc1NC(CO)CO. The lowest BCUT2D eigenvalue weighted by Crippen LogP contribution is -2.28. The molecule has 1 rings (SSSR count). The minimum Gasteiger partial charge on any atom is -0.396 e. The van der Waals surface area contributed by atoms with Crippen LogP contribution in [0.1, 0.15) is 0 Å². The van der Waals surface area contributed by atoms with Crippen LogP contribution in [0.5, 0.6) is 0 Å². The van der Waals surface area contributed by atoms with Crippen molar-refractivity contribution in [2.75, 3.05) is 24.3 Å². The third-order valence-corrected chi connectivity index (χ3v) is 1.88. The number of rotatable bonds is 4. The normalized spacial score (nSPS) is 10.6. The molecule has 1 aromatic rings. The molecule has 0 saturated carbocycles. The highest BCUT2D eigenvalue weighted by Gasteiger charge is 2.08. The molecular formula is C8H12ClN3O2. The van der Waals surface area contributed by atoms with Gasteiger partial charge in [-0.3, -0.25) is 0 Å². The summed E-state index contributed by atoms with van der Waals surface area (Å²) in [6.45, 7) is -0.408. The summed E-state index contributed by atoms with van der Waals surface area (Å²) >= 11 is 5.65.